The topological polar surface area (TPSA) is 47.4 Å². The Hall–Kier alpha value is -1.36. The molecule has 1 aromatic heterocycles. The molecule has 1 aliphatic heterocycles. The number of ether oxygens (including phenoxy) is 1. The monoisotopic (exact) mass is 251 g/mol. The predicted octanol–water partition coefficient (Wildman–Crippen LogP) is 1.47. The summed E-state index contributed by atoms with van der Waals surface area (Å²) in [5.41, 5.74) is 0. The zero-order valence-corrected chi connectivity index (χ0v) is 11.1. The van der Waals surface area contributed by atoms with Gasteiger partial charge in [-0.25, -0.2) is 4.98 Å². The maximum atomic E-state index is 12.3. The first-order chi connectivity index (χ1) is 8.72. The average molecular weight is 251 g/mol. The molecule has 0 aliphatic carbocycles. The van der Waals surface area contributed by atoms with Crippen molar-refractivity contribution in [2.45, 2.75) is 38.8 Å². The normalized spacial score (nSPS) is 18.9. The second kappa shape index (κ2) is 6.00. The lowest BCUT2D eigenvalue weighted by Crippen LogP contribution is -2.43. The number of imidazole rings is 1. The molecule has 1 aliphatic rings. The van der Waals surface area contributed by atoms with Crippen LogP contribution in [-0.4, -0.2) is 46.2 Å². The Morgan fingerprint density at radius 3 is 2.78 bits per heavy atom. The smallest absolute Gasteiger partial charge is 0.245 e. The molecule has 0 aromatic carbocycles. The van der Waals surface area contributed by atoms with Crippen molar-refractivity contribution in [3.8, 4) is 0 Å². The minimum absolute atomic E-state index is 0.169. The van der Waals surface area contributed by atoms with Gasteiger partial charge in [0.1, 0.15) is 6.04 Å². The number of carbonyl (C=O) groups excluding carboxylic acids is 1. The highest BCUT2D eigenvalue weighted by Gasteiger charge is 2.26. The first-order valence-electron chi connectivity index (χ1n) is 6.60. The van der Waals surface area contributed by atoms with E-state index in [9.17, 15) is 4.79 Å². The van der Waals surface area contributed by atoms with Gasteiger partial charge in [0.15, 0.2) is 0 Å². The first-order valence-corrected chi connectivity index (χ1v) is 6.60. The summed E-state index contributed by atoms with van der Waals surface area (Å²) in [4.78, 5) is 18.2. The van der Waals surface area contributed by atoms with E-state index in [1.54, 1.807) is 12.5 Å². The number of hydrogen-bond donors (Lipinski definition) is 0. The van der Waals surface area contributed by atoms with E-state index in [4.69, 9.17) is 4.74 Å². The molecule has 0 N–H and O–H groups in total. The van der Waals surface area contributed by atoms with E-state index in [0.29, 0.717) is 6.10 Å². The molecule has 1 aromatic rings. The second-order valence-electron chi connectivity index (χ2n) is 4.67. The largest absolute Gasteiger partial charge is 0.378 e. The van der Waals surface area contributed by atoms with Crippen LogP contribution >= 0.6 is 0 Å². The van der Waals surface area contributed by atoms with Crippen molar-refractivity contribution in [1.82, 2.24) is 14.5 Å². The van der Waals surface area contributed by atoms with Gasteiger partial charge in [0.25, 0.3) is 0 Å². The molecule has 1 atom stereocenters. The Kier molecular flexibility index (Phi) is 4.36. The van der Waals surface area contributed by atoms with Crippen molar-refractivity contribution in [2.75, 3.05) is 19.7 Å². The number of aromatic nitrogens is 2. The van der Waals surface area contributed by atoms with Crippen LogP contribution < -0.4 is 0 Å². The molecule has 2 heterocycles. The molecule has 0 radical (unpaired) electrons. The molecular formula is C13H21N3O2. The summed E-state index contributed by atoms with van der Waals surface area (Å²) in [6, 6.07) is -0.170. The van der Waals surface area contributed by atoms with Gasteiger partial charge in [-0.1, -0.05) is 0 Å². The summed E-state index contributed by atoms with van der Waals surface area (Å²) in [6.45, 7) is 6.27. The molecule has 100 valence electrons. The summed E-state index contributed by atoms with van der Waals surface area (Å²) in [6.07, 6.45) is 7.42. The lowest BCUT2D eigenvalue weighted by atomic mass is 10.1. The third kappa shape index (κ3) is 2.90. The van der Waals surface area contributed by atoms with Crippen LogP contribution in [0.25, 0.3) is 0 Å². The van der Waals surface area contributed by atoms with Crippen molar-refractivity contribution in [3.63, 3.8) is 0 Å². The fourth-order valence-electron chi connectivity index (χ4n) is 2.37. The van der Waals surface area contributed by atoms with Crippen molar-refractivity contribution in [2.24, 2.45) is 0 Å². The third-order valence-corrected chi connectivity index (χ3v) is 3.49. The molecule has 2 rings (SSSR count). The predicted molar refractivity (Wildman–Crippen MR) is 68.2 cm³/mol. The molecule has 0 spiro atoms. The zero-order chi connectivity index (χ0) is 13.0. The summed E-state index contributed by atoms with van der Waals surface area (Å²) >= 11 is 0. The van der Waals surface area contributed by atoms with E-state index in [-0.39, 0.29) is 11.9 Å². The molecule has 18 heavy (non-hydrogen) atoms. The van der Waals surface area contributed by atoms with E-state index in [1.807, 2.05) is 29.5 Å². The minimum Gasteiger partial charge on any atom is -0.378 e. The van der Waals surface area contributed by atoms with Crippen molar-refractivity contribution >= 4 is 5.91 Å². The molecule has 5 nitrogen and oxygen atoms in total. The van der Waals surface area contributed by atoms with Crippen LogP contribution in [0.15, 0.2) is 18.7 Å². The molecule has 5 heteroatoms. The van der Waals surface area contributed by atoms with Crippen molar-refractivity contribution in [3.05, 3.63) is 18.7 Å². The maximum Gasteiger partial charge on any atom is 0.245 e. The highest BCUT2D eigenvalue weighted by atomic mass is 16.5. The number of hydrogen-bond acceptors (Lipinski definition) is 3. The van der Waals surface area contributed by atoms with E-state index in [2.05, 4.69) is 4.98 Å². The standard InChI is InChI=1S/C13H21N3O2/c1-3-18-12-4-7-15(8-5-12)13(17)11(2)16-9-6-14-10-16/h6,9-12H,3-5,7-8H2,1-2H3/t11-/m1/s1. The van der Waals surface area contributed by atoms with Crippen LogP contribution in [-0.2, 0) is 9.53 Å². The van der Waals surface area contributed by atoms with Crippen LogP contribution in [0.4, 0.5) is 0 Å². The van der Waals surface area contributed by atoms with Crippen molar-refractivity contribution in [1.29, 1.82) is 0 Å². The van der Waals surface area contributed by atoms with E-state index < -0.39 is 0 Å². The lowest BCUT2D eigenvalue weighted by molar-refractivity contribution is -0.136. The Balaban J connectivity index is 1.87. The highest BCUT2D eigenvalue weighted by molar-refractivity contribution is 5.80. The molecule has 1 amide bonds. The van der Waals surface area contributed by atoms with Crippen LogP contribution in [0.5, 0.6) is 0 Å². The Morgan fingerprint density at radius 2 is 2.22 bits per heavy atom. The van der Waals surface area contributed by atoms with Gasteiger partial charge in [-0.2, -0.15) is 0 Å². The molecule has 0 bridgehead atoms. The molecule has 0 unspecified atom stereocenters. The van der Waals surface area contributed by atoms with Gasteiger partial charge in [-0.05, 0) is 26.7 Å². The van der Waals surface area contributed by atoms with Gasteiger partial charge in [-0.15, -0.1) is 0 Å². The van der Waals surface area contributed by atoms with Gasteiger partial charge in [0.2, 0.25) is 5.91 Å². The summed E-state index contributed by atoms with van der Waals surface area (Å²) < 4.78 is 7.43. The molecule has 0 saturated carbocycles. The Morgan fingerprint density at radius 1 is 1.50 bits per heavy atom. The Bertz CT molecular complexity index is 370. The van der Waals surface area contributed by atoms with E-state index in [0.717, 1.165) is 32.5 Å². The molecular weight excluding hydrogens is 230 g/mol. The van der Waals surface area contributed by atoms with Crippen LogP contribution in [0.1, 0.15) is 32.7 Å². The quantitative estimate of drug-likeness (QED) is 0.814. The van der Waals surface area contributed by atoms with Gasteiger partial charge in [0.05, 0.1) is 12.4 Å². The molecule has 1 fully saturated rings. The van der Waals surface area contributed by atoms with Gasteiger partial charge >= 0.3 is 0 Å². The highest BCUT2D eigenvalue weighted by Crippen LogP contribution is 2.17. The van der Waals surface area contributed by atoms with Crippen LogP contribution in [0.2, 0.25) is 0 Å². The summed E-state index contributed by atoms with van der Waals surface area (Å²) in [7, 11) is 0. The lowest BCUT2D eigenvalue weighted by Gasteiger charge is -2.33. The number of likely N-dealkylation sites (tertiary alicyclic amines) is 1. The van der Waals surface area contributed by atoms with Gasteiger partial charge < -0.3 is 14.2 Å². The van der Waals surface area contributed by atoms with Gasteiger partial charge in [0, 0.05) is 32.1 Å². The second-order valence-corrected chi connectivity index (χ2v) is 4.67. The zero-order valence-electron chi connectivity index (χ0n) is 11.1. The number of carbonyl (C=O) groups is 1. The minimum atomic E-state index is -0.170. The van der Waals surface area contributed by atoms with Crippen LogP contribution in [0, 0.1) is 0 Å². The fraction of sp³-hybridized carbons (Fsp3) is 0.692. The number of nitrogens with zero attached hydrogens (tertiary/aromatic N) is 3. The SMILES string of the molecule is CCOC1CCN(C(=O)[C@@H](C)n2ccnc2)CC1. The molecule has 1 saturated heterocycles. The van der Waals surface area contributed by atoms with E-state index in [1.165, 1.54) is 0 Å². The van der Waals surface area contributed by atoms with E-state index >= 15 is 0 Å². The van der Waals surface area contributed by atoms with Gasteiger partial charge in [-0.3, -0.25) is 4.79 Å². The van der Waals surface area contributed by atoms with Crippen LogP contribution in [0.3, 0.4) is 0 Å². The Labute approximate surface area is 108 Å². The fourth-order valence-corrected chi connectivity index (χ4v) is 2.37. The number of piperidine rings is 1. The third-order valence-electron chi connectivity index (χ3n) is 3.49. The average Bonchev–Trinajstić information content (AvgIpc) is 2.92. The number of rotatable bonds is 4. The summed E-state index contributed by atoms with van der Waals surface area (Å²) in [5.74, 6) is 0.169. The van der Waals surface area contributed by atoms with Crippen molar-refractivity contribution < 1.29 is 9.53 Å². The number of amides is 1. The summed E-state index contributed by atoms with van der Waals surface area (Å²) in [5, 5.41) is 0. The first kappa shape index (κ1) is 13.1. The maximum absolute atomic E-state index is 12.3.